The zero-order valence-electron chi connectivity index (χ0n) is 13.9. The second-order valence-electron chi connectivity index (χ2n) is 7.51. The maximum Gasteiger partial charge on any atom is 0.344 e. The van der Waals surface area contributed by atoms with Crippen LogP contribution in [0.15, 0.2) is 0 Å². The third-order valence-corrected chi connectivity index (χ3v) is 5.73. The number of ether oxygens (including phenoxy) is 3. The average Bonchev–Trinajstić information content (AvgIpc) is 2.81. The van der Waals surface area contributed by atoms with Gasteiger partial charge in [-0.1, -0.05) is 6.92 Å². The highest BCUT2D eigenvalue weighted by Crippen LogP contribution is 2.52. The highest BCUT2D eigenvalue weighted by Gasteiger charge is 2.59. The Balaban J connectivity index is 1.55. The Morgan fingerprint density at radius 3 is 2.74 bits per heavy atom. The summed E-state index contributed by atoms with van der Waals surface area (Å²) in [6.07, 6.45) is 2.58. The molecule has 1 aliphatic heterocycles. The van der Waals surface area contributed by atoms with Crippen molar-refractivity contribution in [1.82, 2.24) is 0 Å². The largest absolute Gasteiger partial charge is 0.458 e. The van der Waals surface area contributed by atoms with E-state index in [9.17, 15) is 14.4 Å². The maximum absolute atomic E-state index is 12.0. The van der Waals surface area contributed by atoms with E-state index in [1.807, 2.05) is 6.92 Å². The van der Waals surface area contributed by atoms with Gasteiger partial charge in [0, 0.05) is 11.8 Å². The molecule has 0 radical (unpaired) electrons. The van der Waals surface area contributed by atoms with Crippen molar-refractivity contribution in [2.24, 2.45) is 23.2 Å². The second-order valence-corrected chi connectivity index (χ2v) is 7.51. The number of hydrogen-bond donors (Lipinski definition) is 0. The quantitative estimate of drug-likeness (QED) is 0.567. The summed E-state index contributed by atoms with van der Waals surface area (Å²) in [5.74, 6) is -0.798. The van der Waals surface area contributed by atoms with E-state index in [2.05, 4.69) is 0 Å². The molecule has 0 amide bonds. The summed E-state index contributed by atoms with van der Waals surface area (Å²) >= 11 is 0. The predicted molar refractivity (Wildman–Crippen MR) is 79.1 cm³/mol. The molecule has 1 saturated heterocycles. The molecule has 0 N–H and O–H groups in total. The normalized spacial score (nSPS) is 34.9. The third kappa shape index (κ3) is 2.83. The zero-order valence-corrected chi connectivity index (χ0v) is 13.9. The van der Waals surface area contributed by atoms with Crippen molar-refractivity contribution in [3.8, 4) is 0 Å². The summed E-state index contributed by atoms with van der Waals surface area (Å²) in [7, 11) is 0. The summed E-state index contributed by atoms with van der Waals surface area (Å²) in [4.78, 5) is 35.7. The first-order valence-electron chi connectivity index (χ1n) is 8.40. The molecule has 6 heteroatoms. The van der Waals surface area contributed by atoms with Crippen molar-refractivity contribution in [1.29, 1.82) is 0 Å². The van der Waals surface area contributed by atoms with Crippen molar-refractivity contribution >= 4 is 17.9 Å². The molecule has 3 aliphatic carbocycles. The number of rotatable bonds is 5. The Morgan fingerprint density at radius 2 is 2.04 bits per heavy atom. The lowest BCUT2D eigenvalue weighted by Crippen LogP contribution is -2.50. The van der Waals surface area contributed by atoms with E-state index in [1.54, 1.807) is 13.8 Å². The monoisotopic (exact) mass is 324 g/mol. The summed E-state index contributed by atoms with van der Waals surface area (Å²) in [6, 6.07) is 0. The lowest BCUT2D eigenvalue weighted by atomic mass is 9.63. The molecular weight excluding hydrogens is 300 g/mol. The van der Waals surface area contributed by atoms with E-state index in [0.717, 1.165) is 19.3 Å². The van der Waals surface area contributed by atoms with Gasteiger partial charge >= 0.3 is 17.9 Å². The van der Waals surface area contributed by atoms with Crippen molar-refractivity contribution in [3.05, 3.63) is 0 Å². The number of carbonyl (C=O) groups excluding carboxylic acids is 3. The van der Waals surface area contributed by atoms with Crippen molar-refractivity contribution < 1.29 is 28.6 Å². The van der Waals surface area contributed by atoms with Crippen molar-refractivity contribution in [2.75, 3.05) is 6.61 Å². The standard InChI is InChI=1S/C17H24O6/c1-4-17(2,3)16(20)21-8-12(18)22-13-9-5-6-10-11(7-9)15(19)23-14(10)13/h9-11,13-14H,4-8H2,1-3H3. The van der Waals surface area contributed by atoms with Crippen LogP contribution in [0.3, 0.4) is 0 Å². The number of fused-ring (bicyclic) bond motifs is 1. The molecule has 0 aromatic heterocycles. The lowest BCUT2D eigenvalue weighted by Gasteiger charge is -2.43. The van der Waals surface area contributed by atoms with Gasteiger partial charge in [-0.05, 0) is 39.5 Å². The Bertz CT molecular complexity index is 525. The second kappa shape index (κ2) is 5.80. The van der Waals surface area contributed by atoms with Crippen LogP contribution >= 0.6 is 0 Å². The Hall–Kier alpha value is -1.59. The third-order valence-electron chi connectivity index (χ3n) is 5.73. The first-order valence-corrected chi connectivity index (χ1v) is 8.40. The topological polar surface area (TPSA) is 78.9 Å². The molecule has 23 heavy (non-hydrogen) atoms. The van der Waals surface area contributed by atoms with E-state index in [-0.39, 0.29) is 42.5 Å². The highest BCUT2D eigenvalue weighted by atomic mass is 16.6. The first-order chi connectivity index (χ1) is 10.8. The summed E-state index contributed by atoms with van der Waals surface area (Å²) in [5, 5.41) is 0. The molecular formula is C17H24O6. The number of esters is 3. The fourth-order valence-corrected chi connectivity index (χ4v) is 3.89. The van der Waals surface area contributed by atoms with Gasteiger partial charge < -0.3 is 14.2 Å². The Morgan fingerprint density at radius 1 is 1.30 bits per heavy atom. The summed E-state index contributed by atoms with van der Waals surface area (Å²) in [5.41, 5.74) is -0.613. The molecule has 0 spiro atoms. The molecule has 6 nitrogen and oxygen atoms in total. The van der Waals surface area contributed by atoms with E-state index in [4.69, 9.17) is 14.2 Å². The number of hydrogen-bond acceptors (Lipinski definition) is 6. The zero-order chi connectivity index (χ0) is 16.8. The van der Waals surface area contributed by atoms with Crippen LogP contribution in [0.2, 0.25) is 0 Å². The van der Waals surface area contributed by atoms with Gasteiger partial charge in [-0.25, -0.2) is 4.79 Å². The molecule has 4 bridgehead atoms. The SMILES string of the molecule is CCC(C)(C)C(=O)OCC(=O)OC1C2CCC3C(C2)C(=O)OC31. The maximum atomic E-state index is 12.0. The van der Waals surface area contributed by atoms with Crippen LogP contribution in [-0.2, 0) is 28.6 Å². The van der Waals surface area contributed by atoms with Crippen LogP contribution < -0.4 is 0 Å². The summed E-state index contributed by atoms with van der Waals surface area (Å²) < 4.78 is 16.0. The van der Waals surface area contributed by atoms with Crippen molar-refractivity contribution in [3.63, 3.8) is 0 Å². The minimum atomic E-state index is -0.613. The minimum absolute atomic E-state index is 0.0168. The molecule has 4 aliphatic rings. The van der Waals surface area contributed by atoms with E-state index in [1.165, 1.54) is 0 Å². The van der Waals surface area contributed by atoms with Crippen LogP contribution in [0.5, 0.6) is 0 Å². The lowest BCUT2D eigenvalue weighted by molar-refractivity contribution is -0.180. The Kier molecular flexibility index (Phi) is 4.10. The summed E-state index contributed by atoms with van der Waals surface area (Å²) in [6.45, 7) is 5.06. The smallest absolute Gasteiger partial charge is 0.344 e. The molecule has 0 aromatic carbocycles. The molecule has 1 heterocycles. The van der Waals surface area contributed by atoms with Gasteiger partial charge in [-0.3, -0.25) is 9.59 Å². The first kappa shape index (κ1) is 16.3. The molecule has 128 valence electrons. The predicted octanol–water partition coefficient (Wildman–Crippen LogP) is 1.85. The van der Waals surface area contributed by atoms with Gasteiger partial charge in [-0.15, -0.1) is 0 Å². The molecule has 5 atom stereocenters. The van der Waals surface area contributed by atoms with E-state index in [0.29, 0.717) is 6.42 Å². The van der Waals surface area contributed by atoms with Crippen LogP contribution in [-0.4, -0.2) is 36.7 Å². The average molecular weight is 324 g/mol. The molecule has 4 fully saturated rings. The van der Waals surface area contributed by atoms with Crippen molar-refractivity contribution in [2.45, 2.75) is 58.7 Å². The Labute approximate surface area is 135 Å². The van der Waals surface area contributed by atoms with Crippen LogP contribution in [0.25, 0.3) is 0 Å². The van der Waals surface area contributed by atoms with Gasteiger partial charge in [0.25, 0.3) is 0 Å². The van der Waals surface area contributed by atoms with Crippen LogP contribution in [0, 0.1) is 23.2 Å². The van der Waals surface area contributed by atoms with E-state index < -0.39 is 17.4 Å². The highest BCUT2D eigenvalue weighted by molar-refractivity contribution is 5.80. The minimum Gasteiger partial charge on any atom is -0.458 e. The fourth-order valence-electron chi connectivity index (χ4n) is 3.89. The molecule has 5 unspecified atom stereocenters. The molecule has 3 saturated carbocycles. The van der Waals surface area contributed by atoms with Crippen LogP contribution in [0.4, 0.5) is 0 Å². The van der Waals surface area contributed by atoms with Gasteiger partial charge in [0.1, 0.15) is 12.2 Å². The van der Waals surface area contributed by atoms with Gasteiger partial charge in [-0.2, -0.15) is 0 Å². The van der Waals surface area contributed by atoms with E-state index >= 15 is 0 Å². The van der Waals surface area contributed by atoms with Gasteiger partial charge in [0.05, 0.1) is 11.3 Å². The molecule has 0 aromatic rings. The van der Waals surface area contributed by atoms with Gasteiger partial charge in [0.2, 0.25) is 0 Å². The number of carbonyl (C=O) groups is 3. The van der Waals surface area contributed by atoms with Crippen LogP contribution in [0.1, 0.15) is 46.5 Å². The molecule has 4 rings (SSSR count). The fraction of sp³-hybridized carbons (Fsp3) is 0.824. The van der Waals surface area contributed by atoms with Gasteiger partial charge in [0.15, 0.2) is 6.61 Å².